The number of methoxy groups -OCH3 is 1. The van der Waals surface area contributed by atoms with Gasteiger partial charge in [-0.15, -0.1) is 0 Å². The molecule has 0 amide bonds. The molecule has 0 spiro atoms. The molecular weight excluding hydrogens is 232 g/mol. The predicted octanol–water partition coefficient (Wildman–Crippen LogP) is 2.05. The van der Waals surface area contributed by atoms with Gasteiger partial charge in [0.25, 0.3) is 0 Å². The molecular formula is C14H22O4. The van der Waals surface area contributed by atoms with Crippen LogP contribution >= 0.6 is 0 Å². The van der Waals surface area contributed by atoms with Gasteiger partial charge in [0, 0.05) is 7.11 Å². The molecule has 0 atom stereocenters. The van der Waals surface area contributed by atoms with Gasteiger partial charge in [-0.1, -0.05) is 12.1 Å². The minimum atomic E-state index is 0.557. The van der Waals surface area contributed by atoms with Gasteiger partial charge in [0.05, 0.1) is 33.0 Å². The highest BCUT2D eigenvalue weighted by molar-refractivity contribution is 5.27. The molecule has 102 valence electrons. The molecule has 1 aromatic carbocycles. The van der Waals surface area contributed by atoms with Gasteiger partial charge in [-0.05, 0) is 24.6 Å². The lowest BCUT2D eigenvalue weighted by molar-refractivity contribution is 0.0179. The van der Waals surface area contributed by atoms with Crippen LogP contribution in [0.15, 0.2) is 24.3 Å². The number of ether oxygens (including phenoxy) is 4. The molecule has 0 bridgehead atoms. The summed E-state index contributed by atoms with van der Waals surface area (Å²) in [5.74, 6) is 0.884. The quantitative estimate of drug-likeness (QED) is 0.599. The lowest BCUT2D eigenvalue weighted by atomic mass is 10.2. The van der Waals surface area contributed by atoms with E-state index in [2.05, 4.69) is 0 Å². The average molecular weight is 254 g/mol. The Morgan fingerprint density at radius 2 is 1.56 bits per heavy atom. The first kappa shape index (κ1) is 15.0. The molecule has 0 aliphatic rings. The van der Waals surface area contributed by atoms with Gasteiger partial charge in [0.1, 0.15) is 12.4 Å². The van der Waals surface area contributed by atoms with Gasteiger partial charge in [-0.3, -0.25) is 0 Å². The van der Waals surface area contributed by atoms with Crippen molar-refractivity contribution in [1.82, 2.24) is 0 Å². The van der Waals surface area contributed by atoms with Gasteiger partial charge in [-0.2, -0.15) is 0 Å². The molecule has 0 heterocycles. The lowest BCUT2D eigenvalue weighted by Gasteiger charge is -2.08. The van der Waals surface area contributed by atoms with Crippen molar-refractivity contribution in [2.45, 2.75) is 6.92 Å². The summed E-state index contributed by atoms with van der Waals surface area (Å²) in [7, 11) is 1.66. The fourth-order valence-electron chi connectivity index (χ4n) is 1.39. The van der Waals surface area contributed by atoms with E-state index in [0.29, 0.717) is 39.6 Å². The Morgan fingerprint density at radius 1 is 0.889 bits per heavy atom. The smallest absolute Gasteiger partial charge is 0.119 e. The maximum atomic E-state index is 5.55. The molecule has 4 nitrogen and oxygen atoms in total. The van der Waals surface area contributed by atoms with Crippen molar-refractivity contribution in [3.8, 4) is 5.75 Å². The predicted molar refractivity (Wildman–Crippen MR) is 70.2 cm³/mol. The highest BCUT2D eigenvalue weighted by Gasteiger charge is 1.94. The summed E-state index contributed by atoms with van der Waals surface area (Å²) in [5, 5.41) is 0. The van der Waals surface area contributed by atoms with E-state index in [1.54, 1.807) is 7.11 Å². The number of aryl methyl sites for hydroxylation is 1. The van der Waals surface area contributed by atoms with Crippen LogP contribution < -0.4 is 4.74 Å². The summed E-state index contributed by atoms with van der Waals surface area (Å²) < 4.78 is 21.0. The zero-order valence-corrected chi connectivity index (χ0v) is 11.2. The first-order chi connectivity index (χ1) is 8.83. The van der Waals surface area contributed by atoms with E-state index < -0.39 is 0 Å². The Labute approximate surface area is 109 Å². The summed E-state index contributed by atoms with van der Waals surface area (Å²) in [5.41, 5.74) is 1.19. The molecule has 0 unspecified atom stereocenters. The second-order valence-corrected chi connectivity index (χ2v) is 3.88. The van der Waals surface area contributed by atoms with Crippen LogP contribution in [0.2, 0.25) is 0 Å². The Balaban J connectivity index is 1.92. The third-order valence-corrected chi connectivity index (χ3v) is 2.29. The van der Waals surface area contributed by atoms with Gasteiger partial charge < -0.3 is 18.9 Å². The highest BCUT2D eigenvalue weighted by Crippen LogP contribution is 2.11. The largest absolute Gasteiger partial charge is 0.491 e. The van der Waals surface area contributed by atoms with E-state index in [1.807, 2.05) is 31.2 Å². The summed E-state index contributed by atoms with van der Waals surface area (Å²) in [6.07, 6.45) is 0. The van der Waals surface area contributed by atoms with Crippen molar-refractivity contribution in [3.05, 3.63) is 29.8 Å². The average Bonchev–Trinajstić information content (AvgIpc) is 2.37. The Kier molecular flexibility index (Phi) is 8.21. The molecule has 0 fully saturated rings. The van der Waals surface area contributed by atoms with Crippen molar-refractivity contribution in [2.75, 3.05) is 46.8 Å². The molecule has 0 saturated heterocycles. The molecule has 0 aromatic heterocycles. The number of benzene rings is 1. The SMILES string of the molecule is COCCOCCOCCOc1cccc(C)c1. The molecule has 0 aliphatic carbocycles. The third kappa shape index (κ3) is 7.27. The van der Waals surface area contributed by atoms with Crippen LogP contribution in [0.4, 0.5) is 0 Å². The third-order valence-electron chi connectivity index (χ3n) is 2.29. The fraction of sp³-hybridized carbons (Fsp3) is 0.571. The zero-order chi connectivity index (χ0) is 13.1. The van der Waals surface area contributed by atoms with Crippen molar-refractivity contribution in [3.63, 3.8) is 0 Å². The minimum absolute atomic E-state index is 0.557. The maximum absolute atomic E-state index is 5.55. The zero-order valence-electron chi connectivity index (χ0n) is 11.2. The highest BCUT2D eigenvalue weighted by atomic mass is 16.6. The van der Waals surface area contributed by atoms with Crippen LogP contribution in [0.5, 0.6) is 5.75 Å². The maximum Gasteiger partial charge on any atom is 0.119 e. The van der Waals surface area contributed by atoms with Gasteiger partial charge in [0.15, 0.2) is 0 Å². The van der Waals surface area contributed by atoms with Crippen LogP contribution in [0.3, 0.4) is 0 Å². The van der Waals surface area contributed by atoms with Crippen LogP contribution in [0.1, 0.15) is 5.56 Å². The Morgan fingerprint density at radius 3 is 2.22 bits per heavy atom. The fourth-order valence-corrected chi connectivity index (χ4v) is 1.39. The summed E-state index contributed by atoms with van der Waals surface area (Å²) in [6.45, 7) is 5.58. The summed E-state index contributed by atoms with van der Waals surface area (Å²) >= 11 is 0. The van der Waals surface area contributed by atoms with Gasteiger partial charge in [0.2, 0.25) is 0 Å². The minimum Gasteiger partial charge on any atom is -0.491 e. The summed E-state index contributed by atoms with van der Waals surface area (Å²) in [4.78, 5) is 0. The van der Waals surface area contributed by atoms with E-state index in [0.717, 1.165) is 5.75 Å². The van der Waals surface area contributed by atoms with E-state index >= 15 is 0 Å². The van der Waals surface area contributed by atoms with Crippen molar-refractivity contribution in [1.29, 1.82) is 0 Å². The Bertz CT molecular complexity index is 314. The van der Waals surface area contributed by atoms with Gasteiger partial charge >= 0.3 is 0 Å². The molecule has 0 N–H and O–H groups in total. The van der Waals surface area contributed by atoms with Crippen LogP contribution in [-0.2, 0) is 14.2 Å². The van der Waals surface area contributed by atoms with Crippen LogP contribution in [0.25, 0.3) is 0 Å². The summed E-state index contributed by atoms with van der Waals surface area (Å²) in [6, 6.07) is 7.98. The van der Waals surface area contributed by atoms with E-state index in [9.17, 15) is 0 Å². The molecule has 0 aliphatic heterocycles. The first-order valence-electron chi connectivity index (χ1n) is 6.17. The Hall–Kier alpha value is -1.10. The first-order valence-corrected chi connectivity index (χ1v) is 6.17. The molecule has 1 aromatic rings. The molecule has 1 rings (SSSR count). The van der Waals surface area contributed by atoms with E-state index in [-0.39, 0.29) is 0 Å². The van der Waals surface area contributed by atoms with Crippen molar-refractivity contribution >= 4 is 0 Å². The molecule has 4 heteroatoms. The van der Waals surface area contributed by atoms with E-state index in [1.165, 1.54) is 5.56 Å². The second kappa shape index (κ2) is 9.88. The second-order valence-electron chi connectivity index (χ2n) is 3.88. The topological polar surface area (TPSA) is 36.9 Å². The number of hydrogen-bond acceptors (Lipinski definition) is 4. The standard InChI is InChI=1S/C14H22O4/c1-13-4-3-5-14(12-13)18-11-10-17-9-8-16-7-6-15-2/h3-5,12H,6-11H2,1-2H3. The van der Waals surface area contributed by atoms with Gasteiger partial charge in [-0.25, -0.2) is 0 Å². The van der Waals surface area contributed by atoms with Crippen LogP contribution in [0, 0.1) is 6.92 Å². The van der Waals surface area contributed by atoms with Crippen LogP contribution in [-0.4, -0.2) is 46.8 Å². The molecule has 18 heavy (non-hydrogen) atoms. The molecule has 0 radical (unpaired) electrons. The molecule has 0 saturated carbocycles. The van der Waals surface area contributed by atoms with E-state index in [4.69, 9.17) is 18.9 Å². The monoisotopic (exact) mass is 254 g/mol. The number of hydrogen-bond donors (Lipinski definition) is 0. The normalized spacial score (nSPS) is 10.6. The van der Waals surface area contributed by atoms with Crippen molar-refractivity contribution < 1.29 is 18.9 Å². The van der Waals surface area contributed by atoms with Crippen molar-refractivity contribution in [2.24, 2.45) is 0 Å². The lowest BCUT2D eigenvalue weighted by Crippen LogP contribution is -2.12. The number of rotatable bonds is 10.